The molecule has 1 aliphatic heterocycles. The Kier molecular flexibility index (Phi) is 5.91. The van der Waals surface area contributed by atoms with Gasteiger partial charge < -0.3 is 14.6 Å². The number of benzene rings is 2. The Hall–Kier alpha value is -2.97. The molecule has 2 amide bonds. The van der Waals surface area contributed by atoms with Gasteiger partial charge in [0.2, 0.25) is 0 Å². The molecule has 0 radical (unpaired) electrons. The number of ether oxygens (including phenoxy) is 2. The molecule has 1 N–H and O–H groups in total. The highest BCUT2D eigenvalue weighted by molar-refractivity contribution is 8.19. The molecule has 0 saturated carbocycles. The van der Waals surface area contributed by atoms with Crippen LogP contribution in [0.15, 0.2) is 47.4 Å². The van der Waals surface area contributed by atoms with Crippen molar-refractivity contribution in [2.75, 3.05) is 18.6 Å². The fraction of sp³-hybridized carbons (Fsp3) is 0.105. The maximum absolute atomic E-state index is 12.7. The molecule has 0 bridgehead atoms. The van der Waals surface area contributed by atoms with Crippen molar-refractivity contribution in [3.05, 3.63) is 58.0 Å². The second-order valence-corrected chi connectivity index (χ2v) is 7.02. The molecule has 0 atom stereocenters. The molecule has 0 unspecified atom stereocenters. The van der Waals surface area contributed by atoms with E-state index in [1.807, 2.05) is 0 Å². The number of rotatable bonds is 6. The maximum Gasteiger partial charge on any atom is 0.341 e. The van der Waals surface area contributed by atoms with Crippen LogP contribution in [-0.2, 0) is 9.59 Å². The third-order valence-electron chi connectivity index (χ3n) is 3.70. The molecule has 9 heteroatoms. The predicted molar refractivity (Wildman–Crippen MR) is 106 cm³/mol. The zero-order valence-electron chi connectivity index (χ0n) is 14.5. The van der Waals surface area contributed by atoms with Crippen LogP contribution in [0.5, 0.6) is 11.5 Å². The topological polar surface area (TPSA) is 93.1 Å². The van der Waals surface area contributed by atoms with Crippen molar-refractivity contribution in [3.8, 4) is 11.5 Å². The van der Waals surface area contributed by atoms with Crippen LogP contribution in [0.3, 0.4) is 0 Å². The third kappa shape index (κ3) is 4.29. The van der Waals surface area contributed by atoms with E-state index < -0.39 is 23.7 Å². The van der Waals surface area contributed by atoms with Gasteiger partial charge in [-0.1, -0.05) is 23.7 Å². The fourth-order valence-corrected chi connectivity index (χ4v) is 3.52. The number of thioether (sulfide) groups is 1. The number of methoxy groups -OCH3 is 1. The number of amides is 2. The molecule has 0 aliphatic carbocycles. The largest absolute Gasteiger partial charge is 0.493 e. The number of carboxylic acid groups (broad SMARTS) is 1. The number of carbonyl (C=O) groups excluding carboxylic acids is 2. The molecule has 28 heavy (non-hydrogen) atoms. The van der Waals surface area contributed by atoms with Crippen LogP contribution in [0.2, 0.25) is 5.02 Å². The van der Waals surface area contributed by atoms with Gasteiger partial charge in [0, 0.05) is 5.02 Å². The van der Waals surface area contributed by atoms with Crippen LogP contribution < -0.4 is 14.4 Å². The number of carbonyl (C=O) groups is 3. The number of hydrogen-bond acceptors (Lipinski definition) is 6. The van der Waals surface area contributed by atoms with Gasteiger partial charge in [0.25, 0.3) is 11.1 Å². The molecule has 3 rings (SSSR count). The molecular weight excluding hydrogens is 406 g/mol. The van der Waals surface area contributed by atoms with Gasteiger partial charge >= 0.3 is 5.97 Å². The highest BCUT2D eigenvalue weighted by Gasteiger charge is 2.36. The van der Waals surface area contributed by atoms with Crippen LogP contribution in [0.1, 0.15) is 5.56 Å². The molecule has 2 aromatic carbocycles. The molecular formula is C19H14ClNO6S. The van der Waals surface area contributed by atoms with Gasteiger partial charge in [-0.05, 0) is 53.7 Å². The average molecular weight is 420 g/mol. The number of hydrogen-bond donors (Lipinski definition) is 1. The van der Waals surface area contributed by atoms with E-state index >= 15 is 0 Å². The highest BCUT2D eigenvalue weighted by atomic mass is 35.5. The molecule has 1 aliphatic rings. The van der Waals surface area contributed by atoms with E-state index in [4.69, 9.17) is 26.2 Å². The van der Waals surface area contributed by atoms with E-state index in [1.165, 1.54) is 13.2 Å². The minimum atomic E-state index is -1.11. The Morgan fingerprint density at radius 3 is 2.68 bits per heavy atom. The van der Waals surface area contributed by atoms with Crippen molar-refractivity contribution in [1.29, 1.82) is 0 Å². The summed E-state index contributed by atoms with van der Waals surface area (Å²) in [5.41, 5.74) is 0.990. The first-order valence-electron chi connectivity index (χ1n) is 7.95. The first-order valence-corrected chi connectivity index (χ1v) is 9.14. The van der Waals surface area contributed by atoms with Crippen molar-refractivity contribution >= 4 is 52.2 Å². The van der Waals surface area contributed by atoms with Crippen LogP contribution in [0.25, 0.3) is 6.08 Å². The summed E-state index contributed by atoms with van der Waals surface area (Å²) in [6.07, 6.45) is 1.55. The second-order valence-electron chi connectivity index (χ2n) is 5.59. The number of carboxylic acids is 1. The number of anilines is 1. The highest BCUT2D eigenvalue weighted by Crippen LogP contribution is 2.37. The third-order valence-corrected chi connectivity index (χ3v) is 4.80. The van der Waals surface area contributed by atoms with E-state index in [0.29, 0.717) is 22.0 Å². The van der Waals surface area contributed by atoms with E-state index in [0.717, 1.165) is 16.7 Å². The van der Waals surface area contributed by atoms with Crippen molar-refractivity contribution in [2.24, 2.45) is 0 Å². The molecule has 7 nitrogen and oxygen atoms in total. The fourth-order valence-electron chi connectivity index (χ4n) is 2.49. The zero-order chi connectivity index (χ0) is 20.3. The van der Waals surface area contributed by atoms with E-state index in [2.05, 4.69) is 0 Å². The lowest BCUT2D eigenvalue weighted by Gasteiger charge is -2.12. The van der Waals surface area contributed by atoms with Crippen LogP contribution in [0.4, 0.5) is 10.5 Å². The predicted octanol–water partition coefficient (Wildman–Crippen LogP) is 4.05. The van der Waals surface area contributed by atoms with E-state index in [1.54, 1.807) is 42.5 Å². The molecule has 1 heterocycles. The molecule has 0 spiro atoms. The molecule has 0 aromatic heterocycles. The zero-order valence-corrected chi connectivity index (χ0v) is 16.1. The minimum Gasteiger partial charge on any atom is -0.493 e. The Morgan fingerprint density at radius 2 is 2.00 bits per heavy atom. The first-order chi connectivity index (χ1) is 13.4. The molecule has 1 saturated heterocycles. The lowest BCUT2D eigenvalue weighted by molar-refractivity contribution is -0.139. The van der Waals surface area contributed by atoms with E-state index in [-0.39, 0.29) is 10.7 Å². The standard InChI is InChI=1S/C19H14ClNO6S/c1-26-15-7-11(5-6-14(15)27-10-17(22)23)8-16-18(24)21(19(25)28-16)13-4-2-3-12(20)9-13/h2-9H,10H2,1H3,(H,22,23). The summed E-state index contributed by atoms with van der Waals surface area (Å²) < 4.78 is 10.3. The van der Waals surface area contributed by atoms with E-state index in [9.17, 15) is 14.4 Å². The van der Waals surface area contributed by atoms with Gasteiger partial charge in [-0.25, -0.2) is 9.69 Å². The monoisotopic (exact) mass is 419 g/mol. The summed E-state index contributed by atoms with van der Waals surface area (Å²) >= 11 is 6.76. The van der Waals surface area contributed by atoms with Crippen molar-refractivity contribution in [2.45, 2.75) is 0 Å². The molecule has 2 aromatic rings. The molecule has 1 fully saturated rings. The number of halogens is 1. The lowest BCUT2D eigenvalue weighted by Crippen LogP contribution is -2.27. The normalized spacial score (nSPS) is 15.2. The van der Waals surface area contributed by atoms with Crippen LogP contribution in [-0.4, -0.2) is 35.9 Å². The van der Waals surface area contributed by atoms with Crippen LogP contribution in [0, 0.1) is 0 Å². The number of aliphatic carboxylic acids is 1. The van der Waals surface area contributed by atoms with Crippen molar-refractivity contribution in [3.63, 3.8) is 0 Å². The Balaban J connectivity index is 1.86. The average Bonchev–Trinajstić information content (AvgIpc) is 2.93. The quantitative estimate of drug-likeness (QED) is 0.706. The van der Waals surface area contributed by atoms with Gasteiger partial charge in [-0.15, -0.1) is 0 Å². The SMILES string of the molecule is COc1cc(C=C2SC(=O)N(c3cccc(Cl)c3)C2=O)ccc1OCC(=O)O. The Morgan fingerprint density at radius 1 is 1.21 bits per heavy atom. The second kappa shape index (κ2) is 8.37. The number of nitrogens with zero attached hydrogens (tertiary/aromatic N) is 1. The van der Waals surface area contributed by atoms with Gasteiger partial charge in [-0.2, -0.15) is 0 Å². The minimum absolute atomic E-state index is 0.242. The molecule has 144 valence electrons. The number of imide groups is 1. The lowest BCUT2D eigenvalue weighted by atomic mass is 10.2. The Bertz CT molecular complexity index is 990. The summed E-state index contributed by atoms with van der Waals surface area (Å²) in [6.45, 7) is -0.506. The van der Waals surface area contributed by atoms with Gasteiger partial charge in [0.1, 0.15) is 0 Å². The maximum atomic E-state index is 12.7. The van der Waals surface area contributed by atoms with Gasteiger partial charge in [-0.3, -0.25) is 9.59 Å². The summed E-state index contributed by atoms with van der Waals surface area (Å²) in [6, 6.07) is 11.2. The first kappa shape index (κ1) is 19.8. The smallest absolute Gasteiger partial charge is 0.341 e. The van der Waals surface area contributed by atoms with Gasteiger partial charge in [0.05, 0.1) is 17.7 Å². The van der Waals surface area contributed by atoms with Crippen LogP contribution >= 0.6 is 23.4 Å². The summed E-state index contributed by atoms with van der Waals surface area (Å²) in [4.78, 5) is 36.9. The summed E-state index contributed by atoms with van der Waals surface area (Å²) in [7, 11) is 1.42. The van der Waals surface area contributed by atoms with Crippen molar-refractivity contribution < 1.29 is 29.0 Å². The summed E-state index contributed by atoms with van der Waals surface area (Å²) in [5.74, 6) is -0.999. The van der Waals surface area contributed by atoms with Gasteiger partial charge in [0.15, 0.2) is 18.1 Å². The van der Waals surface area contributed by atoms with Crippen molar-refractivity contribution in [1.82, 2.24) is 0 Å². The Labute approximate surface area is 169 Å². The summed E-state index contributed by atoms with van der Waals surface area (Å²) in [5, 5.41) is 8.71.